The third kappa shape index (κ3) is 1.88. The molecule has 0 unspecified atom stereocenters. The van der Waals surface area contributed by atoms with Crippen molar-refractivity contribution in [2.24, 2.45) is 0 Å². The van der Waals surface area contributed by atoms with Gasteiger partial charge in [0, 0.05) is 24.3 Å². The second-order valence-electron chi connectivity index (χ2n) is 3.05. The first kappa shape index (κ1) is 9.45. The van der Waals surface area contributed by atoms with E-state index in [1.54, 1.807) is 43.9 Å². The molecule has 0 spiro atoms. The Morgan fingerprint density at radius 3 is 2.87 bits per heavy atom. The fraction of sp³-hybridized carbons (Fsp3) is 0.0909. The van der Waals surface area contributed by atoms with Gasteiger partial charge in [-0.25, -0.2) is 0 Å². The highest BCUT2D eigenvalue weighted by atomic mass is 16.5. The van der Waals surface area contributed by atoms with Crippen LogP contribution in [-0.4, -0.2) is 17.1 Å². The molecule has 15 heavy (non-hydrogen) atoms. The molecule has 0 atom stereocenters. The van der Waals surface area contributed by atoms with Crippen molar-refractivity contribution in [3.63, 3.8) is 0 Å². The molecule has 0 saturated carbocycles. The number of nitrogens with two attached hydrogens (primary N) is 1. The average Bonchev–Trinajstić information content (AvgIpc) is 2.29. The zero-order valence-electron chi connectivity index (χ0n) is 8.34. The fourth-order valence-corrected chi connectivity index (χ4v) is 1.35. The summed E-state index contributed by atoms with van der Waals surface area (Å²) in [4.78, 5) is 8.26. The van der Waals surface area contributed by atoms with Gasteiger partial charge in [-0.3, -0.25) is 9.97 Å². The van der Waals surface area contributed by atoms with Crippen LogP contribution in [0.1, 0.15) is 0 Å². The minimum Gasteiger partial charge on any atom is -0.496 e. The van der Waals surface area contributed by atoms with Gasteiger partial charge in [-0.1, -0.05) is 0 Å². The molecule has 2 N–H and O–H groups in total. The van der Waals surface area contributed by atoms with Crippen molar-refractivity contribution in [1.82, 2.24) is 9.97 Å². The molecule has 2 aromatic rings. The maximum atomic E-state index is 5.69. The zero-order chi connectivity index (χ0) is 10.7. The van der Waals surface area contributed by atoms with Gasteiger partial charge < -0.3 is 10.5 Å². The molecule has 0 aliphatic rings. The average molecular weight is 201 g/mol. The lowest BCUT2D eigenvalue weighted by molar-refractivity contribution is 0.416. The Kier molecular flexibility index (Phi) is 2.49. The molecule has 4 heteroatoms. The number of pyridine rings is 2. The Morgan fingerprint density at radius 2 is 2.13 bits per heavy atom. The highest BCUT2D eigenvalue weighted by molar-refractivity contribution is 5.68. The van der Waals surface area contributed by atoms with E-state index in [4.69, 9.17) is 10.5 Å². The second kappa shape index (κ2) is 3.96. The maximum Gasteiger partial charge on any atom is 0.131 e. The molecule has 0 fully saturated rings. The van der Waals surface area contributed by atoms with Crippen LogP contribution >= 0.6 is 0 Å². The quantitative estimate of drug-likeness (QED) is 0.803. The van der Waals surface area contributed by atoms with E-state index in [2.05, 4.69) is 9.97 Å². The number of anilines is 1. The molecule has 2 heterocycles. The molecular weight excluding hydrogens is 190 g/mol. The summed E-state index contributed by atoms with van der Waals surface area (Å²) in [5.74, 6) is 0.739. The summed E-state index contributed by atoms with van der Waals surface area (Å²) >= 11 is 0. The van der Waals surface area contributed by atoms with E-state index >= 15 is 0 Å². The van der Waals surface area contributed by atoms with E-state index in [1.807, 2.05) is 0 Å². The van der Waals surface area contributed by atoms with Crippen LogP contribution in [0, 0.1) is 0 Å². The number of rotatable bonds is 2. The summed E-state index contributed by atoms with van der Waals surface area (Å²) in [5.41, 5.74) is 7.96. The molecule has 2 rings (SSSR count). The third-order valence-electron chi connectivity index (χ3n) is 2.06. The van der Waals surface area contributed by atoms with Crippen LogP contribution in [0.2, 0.25) is 0 Å². The lowest BCUT2D eigenvalue weighted by atomic mass is 10.1. The Balaban J connectivity index is 2.53. The standard InChI is InChI=1S/C11H11N3O/c1-15-11-3-4-13-7-9(11)10-6-8(12)2-5-14-10/h2-7H,1H3,(H2,12,14). The highest BCUT2D eigenvalue weighted by Crippen LogP contribution is 2.27. The lowest BCUT2D eigenvalue weighted by Crippen LogP contribution is -1.92. The second-order valence-corrected chi connectivity index (χ2v) is 3.05. The van der Waals surface area contributed by atoms with E-state index < -0.39 is 0 Å². The number of aromatic nitrogens is 2. The van der Waals surface area contributed by atoms with Crippen molar-refractivity contribution in [1.29, 1.82) is 0 Å². The summed E-state index contributed by atoms with van der Waals surface area (Å²) in [6.07, 6.45) is 5.05. The largest absolute Gasteiger partial charge is 0.496 e. The van der Waals surface area contributed by atoms with Gasteiger partial charge in [-0.05, 0) is 18.2 Å². The molecule has 0 aliphatic carbocycles. The molecule has 4 nitrogen and oxygen atoms in total. The van der Waals surface area contributed by atoms with Gasteiger partial charge in [0.15, 0.2) is 0 Å². The van der Waals surface area contributed by atoms with Crippen LogP contribution in [0.25, 0.3) is 11.3 Å². The van der Waals surface area contributed by atoms with Crippen molar-refractivity contribution >= 4 is 5.69 Å². The van der Waals surface area contributed by atoms with Crippen LogP contribution in [0.3, 0.4) is 0 Å². The van der Waals surface area contributed by atoms with Gasteiger partial charge in [0.2, 0.25) is 0 Å². The zero-order valence-corrected chi connectivity index (χ0v) is 8.34. The number of nitrogens with zero attached hydrogens (tertiary/aromatic N) is 2. The predicted molar refractivity (Wildman–Crippen MR) is 58.4 cm³/mol. The third-order valence-corrected chi connectivity index (χ3v) is 2.06. The topological polar surface area (TPSA) is 61.0 Å². The molecule has 0 aromatic carbocycles. The van der Waals surface area contributed by atoms with E-state index in [0.717, 1.165) is 17.0 Å². The molecule has 0 radical (unpaired) electrons. The van der Waals surface area contributed by atoms with Crippen molar-refractivity contribution in [3.05, 3.63) is 36.8 Å². The van der Waals surface area contributed by atoms with Crippen LogP contribution in [0.5, 0.6) is 5.75 Å². The minimum atomic E-state index is 0.672. The van der Waals surface area contributed by atoms with E-state index in [9.17, 15) is 0 Å². The van der Waals surface area contributed by atoms with Crippen molar-refractivity contribution in [3.8, 4) is 17.0 Å². The Bertz CT molecular complexity index is 471. The van der Waals surface area contributed by atoms with Gasteiger partial charge in [0.05, 0.1) is 18.4 Å². The first-order valence-corrected chi connectivity index (χ1v) is 4.51. The maximum absolute atomic E-state index is 5.69. The molecule has 76 valence electrons. The number of nitrogen functional groups attached to an aromatic ring is 1. The summed E-state index contributed by atoms with van der Waals surface area (Å²) in [5, 5.41) is 0. The Morgan fingerprint density at radius 1 is 1.27 bits per heavy atom. The van der Waals surface area contributed by atoms with E-state index in [1.165, 1.54) is 0 Å². The number of hydrogen-bond acceptors (Lipinski definition) is 4. The van der Waals surface area contributed by atoms with Gasteiger partial charge in [0.25, 0.3) is 0 Å². The van der Waals surface area contributed by atoms with Crippen molar-refractivity contribution in [2.45, 2.75) is 0 Å². The number of methoxy groups -OCH3 is 1. The Hall–Kier alpha value is -2.10. The first-order chi connectivity index (χ1) is 7.31. The van der Waals surface area contributed by atoms with Crippen LogP contribution in [0.15, 0.2) is 36.8 Å². The van der Waals surface area contributed by atoms with Gasteiger partial charge in [-0.2, -0.15) is 0 Å². The van der Waals surface area contributed by atoms with Crippen LogP contribution in [0.4, 0.5) is 5.69 Å². The summed E-state index contributed by atoms with van der Waals surface area (Å²) in [6.45, 7) is 0. The minimum absolute atomic E-state index is 0.672. The van der Waals surface area contributed by atoms with Gasteiger partial charge in [-0.15, -0.1) is 0 Å². The van der Waals surface area contributed by atoms with E-state index in [0.29, 0.717) is 5.69 Å². The predicted octanol–water partition coefficient (Wildman–Crippen LogP) is 1.73. The Labute approximate surface area is 87.7 Å². The number of ether oxygens (including phenoxy) is 1. The molecule has 0 bridgehead atoms. The lowest BCUT2D eigenvalue weighted by Gasteiger charge is -2.06. The van der Waals surface area contributed by atoms with E-state index in [-0.39, 0.29) is 0 Å². The fourth-order valence-electron chi connectivity index (χ4n) is 1.35. The molecule has 0 amide bonds. The molecular formula is C11H11N3O. The highest BCUT2D eigenvalue weighted by Gasteiger charge is 2.06. The summed E-state index contributed by atoms with van der Waals surface area (Å²) in [6, 6.07) is 5.33. The van der Waals surface area contributed by atoms with Gasteiger partial charge in [0.1, 0.15) is 5.75 Å². The van der Waals surface area contributed by atoms with Crippen LogP contribution in [-0.2, 0) is 0 Å². The molecule has 2 aromatic heterocycles. The smallest absolute Gasteiger partial charge is 0.131 e. The summed E-state index contributed by atoms with van der Waals surface area (Å²) < 4.78 is 5.22. The monoisotopic (exact) mass is 201 g/mol. The molecule has 0 aliphatic heterocycles. The van der Waals surface area contributed by atoms with Crippen molar-refractivity contribution < 1.29 is 4.74 Å². The van der Waals surface area contributed by atoms with Crippen LogP contribution < -0.4 is 10.5 Å². The van der Waals surface area contributed by atoms with Crippen molar-refractivity contribution in [2.75, 3.05) is 12.8 Å². The normalized spacial score (nSPS) is 9.93. The summed E-state index contributed by atoms with van der Waals surface area (Å²) in [7, 11) is 1.62. The first-order valence-electron chi connectivity index (χ1n) is 4.51. The SMILES string of the molecule is COc1ccncc1-c1cc(N)ccn1. The van der Waals surface area contributed by atoms with Gasteiger partial charge >= 0.3 is 0 Å². The number of hydrogen-bond donors (Lipinski definition) is 1. The molecule has 0 saturated heterocycles.